The van der Waals surface area contributed by atoms with E-state index in [1.165, 1.54) is 0 Å². The van der Waals surface area contributed by atoms with Crippen molar-refractivity contribution in [1.82, 2.24) is 4.83 Å². The Kier molecular flexibility index (Phi) is 2.18. The van der Waals surface area contributed by atoms with Gasteiger partial charge in [-0.15, -0.1) is 0 Å². The molecule has 0 aliphatic heterocycles. The van der Waals surface area contributed by atoms with Gasteiger partial charge in [-0.3, -0.25) is 4.55 Å². The molecule has 5 nitrogen and oxygen atoms in total. The summed E-state index contributed by atoms with van der Waals surface area (Å²) < 4.78 is 28.3. The lowest BCUT2D eigenvalue weighted by atomic mass is 10.9. The van der Waals surface area contributed by atoms with Crippen LogP contribution >= 0.6 is 0 Å². The lowest BCUT2D eigenvalue weighted by molar-refractivity contribution is -0.901. The molecule has 0 aromatic carbocycles. The molecule has 0 spiro atoms. The van der Waals surface area contributed by atoms with E-state index < -0.39 is 10.3 Å². The Labute approximate surface area is 54.7 Å². The summed E-state index contributed by atoms with van der Waals surface area (Å²) in [7, 11) is 0.672. The second-order valence-corrected chi connectivity index (χ2v) is 3.71. The average Bonchev–Trinajstić information content (AvgIpc) is 1.14. The molecule has 0 amide bonds. The van der Waals surface area contributed by atoms with E-state index in [4.69, 9.17) is 4.55 Å². The maximum absolute atomic E-state index is 10.1. The molecule has 0 bridgehead atoms. The van der Waals surface area contributed by atoms with Gasteiger partial charge in [0.15, 0.2) is 0 Å². The molecule has 0 heterocycles. The molecule has 0 aromatic heterocycles. The predicted molar refractivity (Wildman–Crippen MR) is 32.7 cm³/mol. The summed E-state index contributed by atoms with van der Waals surface area (Å²) in [6.07, 6.45) is 0. The Bertz CT molecular complexity index is 178. The second-order valence-electron chi connectivity index (χ2n) is 2.58. The SMILES string of the molecule is C[N+](C)(C)NS(=O)(=O)O. The summed E-state index contributed by atoms with van der Waals surface area (Å²) >= 11 is 0. The van der Waals surface area contributed by atoms with E-state index >= 15 is 0 Å². The maximum Gasteiger partial charge on any atom is 0.376 e. The molecule has 0 aromatic rings. The number of hydrogen-bond acceptors (Lipinski definition) is 2. The smallest absolute Gasteiger partial charge is 0.270 e. The molecular weight excluding hydrogens is 144 g/mol. The molecule has 0 aliphatic rings. The fourth-order valence-electron chi connectivity index (χ4n) is 0.346. The Morgan fingerprint density at radius 2 is 1.67 bits per heavy atom. The van der Waals surface area contributed by atoms with Crippen LogP contribution in [-0.4, -0.2) is 38.7 Å². The fraction of sp³-hybridized carbons (Fsp3) is 1.00. The van der Waals surface area contributed by atoms with Gasteiger partial charge in [0.25, 0.3) is 0 Å². The van der Waals surface area contributed by atoms with Crippen molar-refractivity contribution in [2.45, 2.75) is 0 Å². The standard InChI is InChI=1S/C3H10N2O3S/c1-5(2,3)4-9(6,7)8/h4H,1-3H3/p+1. The normalized spacial score (nSPS) is 13.8. The van der Waals surface area contributed by atoms with Gasteiger partial charge in [0.05, 0.1) is 21.1 Å². The van der Waals surface area contributed by atoms with E-state index in [2.05, 4.69) is 0 Å². The van der Waals surface area contributed by atoms with E-state index in [9.17, 15) is 8.42 Å². The minimum atomic E-state index is -4.06. The van der Waals surface area contributed by atoms with Crippen molar-refractivity contribution in [2.75, 3.05) is 21.1 Å². The monoisotopic (exact) mass is 155 g/mol. The van der Waals surface area contributed by atoms with E-state index in [1.54, 1.807) is 21.1 Å². The van der Waals surface area contributed by atoms with E-state index in [1.807, 2.05) is 4.83 Å². The predicted octanol–water partition coefficient (Wildman–Crippen LogP) is -1.000. The molecule has 0 unspecified atom stereocenters. The van der Waals surface area contributed by atoms with Crippen LogP contribution in [0.2, 0.25) is 0 Å². The maximum atomic E-state index is 10.1. The topological polar surface area (TPSA) is 66.4 Å². The largest absolute Gasteiger partial charge is 0.376 e. The number of hydrogen-bond donors (Lipinski definition) is 2. The zero-order valence-electron chi connectivity index (χ0n) is 5.62. The van der Waals surface area contributed by atoms with Crippen LogP contribution in [0, 0.1) is 0 Å². The van der Waals surface area contributed by atoms with E-state index in [0.29, 0.717) is 0 Å². The van der Waals surface area contributed by atoms with Gasteiger partial charge in [-0.2, -0.15) is 8.42 Å². The molecule has 9 heavy (non-hydrogen) atoms. The lowest BCUT2D eigenvalue weighted by Gasteiger charge is -2.20. The van der Waals surface area contributed by atoms with Gasteiger partial charge in [-0.1, -0.05) is 0 Å². The summed E-state index contributed by atoms with van der Waals surface area (Å²) in [4.78, 5) is 1.92. The molecule has 0 aliphatic carbocycles. The van der Waals surface area contributed by atoms with Crippen LogP contribution in [0.25, 0.3) is 0 Å². The third-order valence-electron chi connectivity index (χ3n) is 0.389. The Balaban J connectivity index is 4.07. The third kappa shape index (κ3) is 7.83. The zero-order valence-corrected chi connectivity index (χ0v) is 6.44. The highest BCUT2D eigenvalue weighted by atomic mass is 32.2. The highest BCUT2D eigenvalue weighted by Gasteiger charge is 2.15. The first kappa shape index (κ1) is 8.83. The summed E-state index contributed by atoms with van der Waals surface area (Å²) in [5.74, 6) is 0. The summed E-state index contributed by atoms with van der Waals surface area (Å²) in [6, 6.07) is 0. The van der Waals surface area contributed by atoms with Gasteiger partial charge in [0, 0.05) is 0 Å². The number of quaternary nitrogens is 1. The van der Waals surface area contributed by atoms with Crippen molar-refractivity contribution in [1.29, 1.82) is 0 Å². The first-order chi connectivity index (χ1) is 3.71. The zero-order chi connectivity index (χ0) is 7.71. The summed E-state index contributed by atoms with van der Waals surface area (Å²) in [5, 5.41) is 0. The molecule has 0 radical (unpaired) electrons. The Morgan fingerprint density at radius 1 is 1.33 bits per heavy atom. The molecule has 0 fully saturated rings. The van der Waals surface area contributed by atoms with Gasteiger partial charge in [-0.05, 0) is 4.83 Å². The Hall–Kier alpha value is -0.170. The highest BCUT2D eigenvalue weighted by molar-refractivity contribution is 7.83. The van der Waals surface area contributed by atoms with Crippen molar-refractivity contribution < 1.29 is 17.6 Å². The van der Waals surface area contributed by atoms with E-state index in [-0.39, 0.29) is 4.59 Å². The summed E-state index contributed by atoms with van der Waals surface area (Å²) in [5.41, 5.74) is 0. The van der Waals surface area contributed by atoms with Gasteiger partial charge in [0.2, 0.25) is 0 Å². The van der Waals surface area contributed by atoms with E-state index in [0.717, 1.165) is 0 Å². The van der Waals surface area contributed by atoms with Crippen molar-refractivity contribution in [3.8, 4) is 0 Å². The fourth-order valence-corrected chi connectivity index (χ4v) is 1.04. The van der Waals surface area contributed by atoms with Crippen molar-refractivity contribution >= 4 is 10.3 Å². The number of rotatable bonds is 2. The van der Waals surface area contributed by atoms with Gasteiger partial charge >= 0.3 is 10.3 Å². The first-order valence-corrected chi connectivity index (χ1v) is 3.73. The van der Waals surface area contributed by atoms with Crippen LogP contribution in [0.5, 0.6) is 0 Å². The minimum Gasteiger partial charge on any atom is -0.270 e. The molecule has 6 heteroatoms. The first-order valence-electron chi connectivity index (χ1n) is 2.29. The van der Waals surface area contributed by atoms with Crippen LogP contribution in [0.15, 0.2) is 0 Å². The average molecular weight is 155 g/mol. The lowest BCUT2D eigenvalue weighted by Crippen LogP contribution is -2.50. The second kappa shape index (κ2) is 2.22. The summed E-state index contributed by atoms with van der Waals surface area (Å²) in [6.45, 7) is 0. The minimum absolute atomic E-state index is 0.0289. The van der Waals surface area contributed by atoms with Crippen LogP contribution in [-0.2, 0) is 10.3 Å². The Morgan fingerprint density at radius 3 is 1.67 bits per heavy atom. The molecule has 0 atom stereocenters. The quantitative estimate of drug-likeness (QED) is 0.305. The highest BCUT2D eigenvalue weighted by Crippen LogP contribution is 1.84. The van der Waals surface area contributed by atoms with Crippen LogP contribution in [0.3, 0.4) is 0 Å². The van der Waals surface area contributed by atoms with Crippen molar-refractivity contribution in [2.24, 2.45) is 0 Å². The molecule has 56 valence electrons. The third-order valence-corrected chi connectivity index (χ3v) is 1.17. The molecule has 0 saturated heterocycles. The van der Waals surface area contributed by atoms with Crippen molar-refractivity contribution in [3.05, 3.63) is 0 Å². The van der Waals surface area contributed by atoms with Crippen LogP contribution < -0.4 is 4.83 Å². The van der Waals surface area contributed by atoms with Gasteiger partial charge in [-0.25, -0.2) is 4.59 Å². The van der Waals surface area contributed by atoms with Gasteiger partial charge < -0.3 is 0 Å². The molecule has 0 saturated carbocycles. The van der Waals surface area contributed by atoms with Crippen LogP contribution in [0.4, 0.5) is 0 Å². The van der Waals surface area contributed by atoms with Crippen molar-refractivity contribution in [3.63, 3.8) is 0 Å². The number of nitrogens with zero attached hydrogens (tertiary/aromatic N) is 1. The molecule has 0 rings (SSSR count). The van der Waals surface area contributed by atoms with Gasteiger partial charge in [0.1, 0.15) is 0 Å². The molecular formula is C3H11N2O3S+. The number of nitrogens with one attached hydrogen (secondary N) is 1. The van der Waals surface area contributed by atoms with Crippen LogP contribution in [0.1, 0.15) is 0 Å². The molecule has 2 N–H and O–H groups in total.